The Kier molecular flexibility index (Phi) is 4.02. The molecule has 0 bridgehead atoms. The molecule has 0 amide bonds. The van der Waals surface area contributed by atoms with E-state index in [-0.39, 0.29) is 0 Å². The molecule has 0 spiro atoms. The zero-order valence-electron chi connectivity index (χ0n) is 10.6. The van der Waals surface area contributed by atoms with Gasteiger partial charge in [0.2, 0.25) is 0 Å². The quantitative estimate of drug-likeness (QED) is 0.871. The standard InChI is InChI=1S/C14H13ClN2O2/c1-9-3-4-11(15)12(7-9)17-13-8-10(5-6-16-13)14(18)19-2/h3-8H,1-2H3,(H,16,17). The highest BCUT2D eigenvalue weighted by atomic mass is 35.5. The predicted molar refractivity (Wildman–Crippen MR) is 75.0 cm³/mol. The molecule has 0 atom stereocenters. The van der Waals surface area contributed by atoms with E-state index in [9.17, 15) is 4.79 Å². The third-order valence-electron chi connectivity index (χ3n) is 2.57. The Morgan fingerprint density at radius 3 is 2.84 bits per heavy atom. The van der Waals surface area contributed by atoms with E-state index in [1.807, 2.05) is 25.1 Å². The molecule has 1 aromatic heterocycles. The number of nitrogens with zero attached hydrogens (tertiary/aromatic N) is 1. The summed E-state index contributed by atoms with van der Waals surface area (Å²) in [6.45, 7) is 1.97. The summed E-state index contributed by atoms with van der Waals surface area (Å²) in [4.78, 5) is 15.6. The van der Waals surface area contributed by atoms with Crippen molar-refractivity contribution in [1.29, 1.82) is 0 Å². The highest BCUT2D eigenvalue weighted by Crippen LogP contribution is 2.25. The lowest BCUT2D eigenvalue weighted by molar-refractivity contribution is 0.0600. The second-order valence-electron chi connectivity index (χ2n) is 4.03. The van der Waals surface area contributed by atoms with Crippen LogP contribution in [0.5, 0.6) is 0 Å². The molecule has 5 heteroatoms. The predicted octanol–water partition coefficient (Wildman–Crippen LogP) is 3.57. The molecule has 1 heterocycles. The largest absolute Gasteiger partial charge is 0.465 e. The maximum atomic E-state index is 11.4. The molecule has 1 aromatic carbocycles. The molecule has 0 radical (unpaired) electrons. The number of methoxy groups -OCH3 is 1. The van der Waals surface area contributed by atoms with E-state index < -0.39 is 5.97 Å². The van der Waals surface area contributed by atoms with Crippen molar-refractivity contribution in [2.75, 3.05) is 12.4 Å². The van der Waals surface area contributed by atoms with Crippen LogP contribution in [0.3, 0.4) is 0 Å². The van der Waals surface area contributed by atoms with Crippen molar-refractivity contribution in [1.82, 2.24) is 4.98 Å². The van der Waals surface area contributed by atoms with Gasteiger partial charge in [0, 0.05) is 6.20 Å². The Balaban J connectivity index is 2.28. The number of ether oxygens (including phenoxy) is 1. The minimum absolute atomic E-state index is 0.402. The van der Waals surface area contributed by atoms with Gasteiger partial charge in [-0.2, -0.15) is 0 Å². The Hall–Kier alpha value is -2.07. The Morgan fingerprint density at radius 2 is 2.11 bits per heavy atom. The number of hydrogen-bond acceptors (Lipinski definition) is 4. The summed E-state index contributed by atoms with van der Waals surface area (Å²) in [5, 5.41) is 3.67. The molecule has 1 N–H and O–H groups in total. The maximum Gasteiger partial charge on any atom is 0.338 e. The Bertz CT molecular complexity index is 614. The minimum Gasteiger partial charge on any atom is -0.465 e. The lowest BCUT2D eigenvalue weighted by atomic mass is 10.2. The van der Waals surface area contributed by atoms with Gasteiger partial charge in [-0.05, 0) is 36.8 Å². The zero-order valence-corrected chi connectivity index (χ0v) is 11.4. The number of rotatable bonds is 3. The molecule has 0 aliphatic rings. The van der Waals surface area contributed by atoms with Gasteiger partial charge in [-0.15, -0.1) is 0 Å². The normalized spacial score (nSPS) is 10.1. The summed E-state index contributed by atoms with van der Waals surface area (Å²) in [6, 6.07) is 8.85. The van der Waals surface area contributed by atoms with E-state index in [0.29, 0.717) is 16.4 Å². The number of nitrogens with one attached hydrogen (secondary N) is 1. The van der Waals surface area contributed by atoms with E-state index in [4.69, 9.17) is 11.6 Å². The molecule has 0 aliphatic carbocycles. The third-order valence-corrected chi connectivity index (χ3v) is 2.90. The number of anilines is 2. The van der Waals surface area contributed by atoms with Crippen LogP contribution in [-0.2, 0) is 4.74 Å². The van der Waals surface area contributed by atoms with Crippen molar-refractivity contribution < 1.29 is 9.53 Å². The summed E-state index contributed by atoms with van der Waals surface area (Å²) in [7, 11) is 1.34. The summed E-state index contributed by atoms with van der Waals surface area (Å²) in [5.74, 6) is 0.135. The number of carbonyl (C=O) groups excluding carboxylic acids is 1. The van der Waals surface area contributed by atoms with Crippen LogP contribution in [0.4, 0.5) is 11.5 Å². The van der Waals surface area contributed by atoms with Gasteiger partial charge in [-0.25, -0.2) is 9.78 Å². The molecular weight excluding hydrogens is 264 g/mol. The Labute approximate surface area is 116 Å². The van der Waals surface area contributed by atoms with Gasteiger partial charge in [-0.3, -0.25) is 0 Å². The molecule has 2 rings (SSSR count). The lowest BCUT2D eigenvalue weighted by Crippen LogP contribution is -2.03. The number of carbonyl (C=O) groups is 1. The number of aryl methyl sites for hydroxylation is 1. The van der Waals surface area contributed by atoms with Crippen LogP contribution < -0.4 is 5.32 Å². The second kappa shape index (κ2) is 5.71. The van der Waals surface area contributed by atoms with E-state index in [0.717, 1.165) is 11.3 Å². The van der Waals surface area contributed by atoms with Crippen LogP contribution in [0.1, 0.15) is 15.9 Å². The fourth-order valence-corrected chi connectivity index (χ4v) is 1.78. The topological polar surface area (TPSA) is 51.2 Å². The first-order chi connectivity index (χ1) is 9.10. The van der Waals surface area contributed by atoms with Crippen LogP contribution in [-0.4, -0.2) is 18.1 Å². The second-order valence-corrected chi connectivity index (χ2v) is 4.44. The van der Waals surface area contributed by atoms with Crippen LogP contribution in [0, 0.1) is 6.92 Å². The summed E-state index contributed by atoms with van der Waals surface area (Å²) >= 11 is 6.09. The highest BCUT2D eigenvalue weighted by molar-refractivity contribution is 6.33. The molecular formula is C14H13ClN2O2. The highest BCUT2D eigenvalue weighted by Gasteiger charge is 2.07. The summed E-state index contributed by atoms with van der Waals surface area (Å²) in [6.07, 6.45) is 1.54. The molecule has 2 aromatic rings. The molecule has 4 nitrogen and oxygen atoms in total. The molecule has 0 saturated heterocycles. The van der Waals surface area contributed by atoms with Crippen molar-refractivity contribution in [3.05, 3.63) is 52.7 Å². The van der Waals surface area contributed by atoms with Crippen molar-refractivity contribution >= 4 is 29.1 Å². The number of pyridine rings is 1. The van der Waals surface area contributed by atoms with Gasteiger partial charge in [0.05, 0.1) is 23.4 Å². The number of aromatic nitrogens is 1. The first-order valence-electron chi connectivity index (χ1n) is 5.67. The first-order valence-corrected chi connectivity index (χ1v) is 6.05. The van der Waals surface area contributed by atoms with Crippen molar-refractivity contribution in [3.63, 3.8) is 0 Å². The SMILES string of the molecule is COC(=O)c1ccnc(Nc2cc(C)ccc2Cl)c1. The van der Waals surface area contributed by atoms with Crippen LogP contribution in [0.25, 0.3) is 0 Å². The van der Waals surface area contributed by atoms with Crippen molar-refractivity contribution in [3.8, 4) is 0 Å². The summed E-state index contributed by atoms with van der Waals surface area (Å²) in [5.41, 5.74) is 2.26. The average Bonchev–Trinajstić information content (AvgIpc) is 2.42. The summed E-state index contributed by atoms with van der Waals surface area (Å²) < 4.78 is 4.66. The van der Waals surface area contributed by atoms with Gasteiger partial charge in [-0.1, -0.05) is 17.7 Å². The van der Waals surface area contributed by atoms with E-state index in [2.05, 4.69) is 15.0 Å². The smallest absolute Gasteiger partial charge is 0.338 e. The van der Waals surface area contributed by atoms with Gasteiger partial charge in [0.15, 0.2) is 0 Å². The monoisotopic (exact) mass is 276 g/mol. The van der Waals surface area contributed by atoms with Crippen LogP contribution >= 0.6 is 11.6 Å². The lowest BCUT2D eigenvalue weighted by Gasteiger charge is -2.09. The van der Waals surface area contributed by atoms with E-state index >= 15 is 0 Å². The first kappa shape index (κ1) is 13.4. The van der Waals surface area contributed by atoms with Gasteiger partial charge >= 0.3 is 5.97 Å². The maximum absolute atomic E-state index is 11.4. The van der Waals surface area contributed by atoms with Crippen LogP contribution in [0.15, 0.2) is 36.5 Å². The molecule has 0 saturated carbocycles. The molecule has 0 aliphatic heterocycles. The minimum atomic E-state index is -0.402. The van der Waals surface area contributed by atoms with Gasteiger partial charge < -0.3 is 10.1 Å². The van der Waals surface area contributed by atoms with Gasteiger partial charge in [0.1, 0.15) is 5.82 Å². The average molecular weight is 277 g/mol. The van der Waals surface area contributed by atoms with Crippen molar-refractivity contribution in [2.24, 2.45) is 0 Å². The molecule has 0 fully saturated rings. The van der Waals surface area contributed by atoms with E-state index in [1.54, 1.807) is 12.1 Å². The Morgan fingerprint density at radius 1 is 1.32 bits per heavy atom. The molecule has 0 unspecified atom stereocenters. The number of benzene rings is 1. The van der Waals surface area contributed by atoms with Crippen molar-refractivity contribution in [2.45, 2.75) is 6.92 Å². The number of hydrogen-bond donors (Lipinski definition) is 1. The number of halogens is 1. The fraction of sp³-hybridized carbons (Fsp3) is 0.143. The molecule has 19 heavy (non-hydrogen) atoms. The number of esters is 1. The zero-order chi connectivity index (χ0) is 13.8. The van der Waals surface area contributed by atoms with Gasteiger partial charge in [0.25, 0.3) is 0 Å². The van der Waals surface area contributed by atoms with Crippen LogP contribution in [0.2, 0.25) is 5.02 Å². The third kappa shape index (κ3) is 3.23. The van der Waals surface area contributed by atoms with E-state index in [1.165, 1.54) is 13.3 Å². The fourth-order valence-electron chi connectivity index (χ4n) is 1.62. The molecule has 98 valence electrons.